The Morgan fingerprint density at radius 3 is 2.48 bits per heavy atom. The van der Waals surface area contributed by atoms with E-state index in [0.717, 1.165) is 23.3 Å². The molecule has 0 aromatic heterocycles. The molecule has 1 aliphatic heterocycles. The Kier molecular flexibility index (Phi) is 4.81. The summed E-state index contributed by atoms with van der Waals surface area (Å²) in [6, 6.07) is 16.7. The molecule has 2 nitrogen and oxygen atoms in total. The molecule has 0 bridgehead atoms. The maximum absolute atomic E-state index is 5.95. The van der Waals surface area contributed by atoms with Crippen LogP contribution in [0.4, 0.5) is 5.69 Å². The van der Waals surface area contributed by atoms with Crippen LogP contribution in [-0.4, -0.2) is 13.1 Å². The lowest BCUT2D eigenvalue weighted by atomic mass is 10.1. The number of hydrogen-bond acceptors (Lipinski definition) is 2. The van der Waals surface area contributed by atoms with Crippen LogP contribution < -0.4 is 9.64 Å². The fourth-order valence-corrected chi connectivity index (χ4v) is 3.17. The van der Waals surface area contributed by atoms with Crippen molar-refractivity contribution in [3.05, 3.63) is 58.6 Å². The summed E-state index contributed by atoms with van der Waals surface area (Å²) in [5.41, 5.74) is 2.45. The molecule has 1 aliphatic rings. The highest BCUT2D eigenvalue weighted by molar-refractivity contribution is 9.10. The summed E-state index contributed by atoms with van der Waals surface area (Å²) in [5, 5.41) is 0. The molecule has 0 amide bonds. The van der Waals surface area contributed by atoms with Crippen LogP contribution in [0.1, 0.15) is 24.8 Å². The average molecular weight is 346 g/mol. The number of nitrogens with zero attached hydrogens (tertiary/aromatic N) is 1. The third kappa shape index (κ3) is 4.01. The van der Waals surface area contributed by atoms with Crippen molar-refractivity contribution in [2.75, 3.05) is 18.0 Å². The highest BCUT2D eigenvalue weighted by atomic mass is 79.9. The van der Waals surface area contributed by atoms with Gasteiger partial charge in [0, 0.05) is 29.3 Å². The van der Waals surface area contributed by atoms with Crippen molar-refractivity contribution in [2.24, 2.45) is 0 Å². The first-order valence-corrected chi connectivity index (χ1v) is 8.33. The number of rotatable bonds is 4. The van der Waals surface area contributed by atoms with Crippen molar-refractivity contribution in [2.45, 2.75) is 25.9 Å². The van der Waals surface area contributed by atoms with Gasteiger partial charge in [-0.2, -0.15) is 0 Å². The number of hydrogen-bond donors (Lipinski definition) is 0. The number of benzene rings is 2. The Morgan fingerprint density at radius 1 is 0.952 bits per heavy atom. The second-order valence-electron chi connectivity index (χ2n) is 5.47. The monoisotopic (exact) mass is 345 g/mol. The standard InChI is InChI=1S/C18H20BrNO/c19-16-11-17(20-9-5-2-6-10-20)13-18(12-16)21-14-15-7-3-1-4-8-15/h1,3-4,7-8,11-13H,2,5-6,9-10,14H2. The highest BCUT2D eigenvalue weighted by Gasteiger charge is 2.12. The van der Waals surface area contributed by atoms with E-state index in [1.165, 1.54) is 30.5 Å². The first-order valence-electron chi connectivity index (χ1n) is 7.53. The molecule has 110 valence electrons. The van der Waals surface area contributed by atoms with Gasteiger partial charge in [-0.15, -0.1) is 0 Å². The summed E-state index contributed by atoms with van der Waals surface area (Å²) in [6.07, 6.45) is 3.92. The van der Waals surface area contributed by atoms with Crippen molar-refractivity contribution in [1.29, 1.82) is 0 Å². The van der Waals surface area contributed by atoms with Gasteiger partial charge in [0.25, 0.3) is 0 Å². The van der Waals surface area contributed by atoms with Crippen LogP contribution >= 0.6 is 15.9 Å². The van der Waals surface area contributed by atoms with E-state index < -0.39 is 0 Å². The van der Waals surface area contributed by atoms with Crippen LogP contribution in [0, 0.1) is 0 Å². The van der Waals surface area contributed by atoms with Gasteiger partial charge in [-0.25, -0.2) is 0 Å². The Labute approximate surface area is 134 Å². The van der Waals surface area contributed by atoms with Gasteiger partial charge in [0.05, 0.1) is 0 Å². The lowest BCUT2D eigenvalue weighted by Gasteiger charge is -2.29. The molecule has 3 rings (SSSR count). The molecule has 1 saturated heterocycles. The Bertz CT molecular complexity index is 579. The molecule has 0 saturated carbocycles. The van der Waals surface area contributed by atoms with Gasteiger partial charge >= 0.3 is 0 Å². The summed E-state index contributed by atoms with van der Waals surface area (Å²) in [6.45, 7) is 2.90. The predicted molar refractivity (Wildman–Crippen MR) is 91.0 cm³/mol. The van der Waals surface area contributed by atoms with Crippen molar-refractivity contribution in [3.8, 4) is 5.75 Å². The summed E-state index contributed by atoms with van der Waals surface area (Å²) < 4.78 is 7.03. The molecule has 1 fully saturated rings. The van der Waals surface area contributed by atoms with Crippen LogP contribution in [0.5, 0.6) is 5.75 Å². The Morgan fingerprint density at radius 2 is 1.71 bits per heavy atom. The van der Waals surface area contributed by atoms with Gasteiger partial charge < -0.3 is 9.64 Å². The first kappa shape index (κ1) is 14.5. The van der Waals surface area contributed by atoms with Gasteiger partial charge in [0.2, 0.25) is 0 Å². The van der Waals surface area contributed by atoms with E-state index in [1.54, 1.807) is 0 Å². The minimum Gasteiger partial charge on any atom is -0.489 e. The van der Waals surface area contributed by atoms with Crippen LogP contribution in [-0.2, 0) is 6.61 Å². The van der Waals surface area contributed by atoms with Gasteiger partial charge in [0.1, 0.15) is 12.4 Å². The second-order valence-corrected chi connectivity index (χ2v) is 6.38. The van der Waals surface area contributed by atoms with Crippen molar-refractivity contribution < 1.29 is 4.74 Å². The topological polar surface area (TPSA) is 12.5 Å². The number of piperidine rings is 1. The summed E-state index contributed by atoms with van der Waals surface area (Å²) >= 11 is 3.60. The summed E-state index contributed by atoms with van der Waals surface area (Å²) in [7, 11) is 0. The lowest BCUT2D eigenvalue weighted by molar-refractivity contribution is 0.306. The van der Waals surface area contributed by atoms with E-state index in [2.05, 4.69) is 45.1 Å². The van der Waals surface area contributed by atoms with Crippen LogP contribution in [0.25, 0.3) is 0 Å². The van der Waals surface area contributed by atoms with Gasteiger partial charge in [-0.1, -0.05) is 46.3 Å². The molecule has 21 heavy (non-hydrogen) atoms. The fraction of sp³-hybridized carbons (Fsp3) is 0.333. The molecular formula is C18H20BrNO. The van der Waals surface area contributed by atoms with E-state index in [-0.39, 0.29) is 0 Å². The lowest BCUT2D eigenvalue weighted by Crippen LogP contribution is -2.29. The third-order valence-electron chi connectivity index (χ3n) is 3.83. The largest absolute Gasteiger partial charge is 0.489 e. The third-order valence-corrected chi connectivity index (χ3v) is 4.28. The zero-order valence-electron chi connectivity index (χ0n) is 12.1. The minimum atomic E-state index is 0.608. The molecule has 0 atom stereocenters. The quantitative estimate of drug-likeness (QED) is 0.771. The van der Waals surface area contributed by atoms with Crippen molar-refractivity contribution >= 4 is 21.6 Å². The molecule has 0 unspecified atom stereocenters. The van der Waals surface area contributed by atoms with E-state index in [0.29, 0.717) is 6.61 Å². The Hall–Kier alpha value is -1.48. The maximum Gasteiger partial charge on any atom is 0.123 e. The van der Waals surface area contributed by atoms with Crippen molar-refractivity contribution in [1.82, 2.24) is 0 Å². The zero-order chi connectivity index (χ0) is 14.5. The van der Waals surface area contributed by atoms with Gasteiger partial charge in [-0.3, -0.25) is 0 Å². The molecule has 0 N–H and O–H groups in total. The summed E-state index contributed by atoms with van der Waals surface area (Å²) in [4.78, 5) is 2.45. The highest BCUT2D eigenvalue weighted by Crippen LogP contribution is 2.29. The zero-order valence-corrected chi connectivity index (χ0v) is 13.7. The van der Waals surface area contributed by atoms with Crippen LogP contribution in [0.3, 0.4) is 0 Å². The van der Waals surface area contributed by atoms with Gasteiger partial charge in [-0.05, 0) is 37.0 Å². The molecule has 3 heteroatoms. The summed E-state index contributed by atoms with van der Waals surface area (Å²) in [5.74, 6) is 0.925. The molecule has 2 aromatic carbocycles. The number of halogens is 1. The SMILES string of the molecule is Brc1cc(OCc2ccccc2)cc(N2CCCCC2)c1. The van der Waals surface area contributed by atoms with Crippen LogP contribution in [0.15, 0.2) is 53.0 Å². The predicted octanol–water partition coefficient (Wildman–Crippen LogP) is 5.02. The van der Waals surface area contributed by atoms with Crippen LogP contribution in [0.2, 0.25) is 0 Å². The average Bonchev–Trinajstić information content (AvgIpc) is 2.54. The normalized spacial score (nSPS) is 15.0. The first-order chi connectivity index (χ1) is 10.3. The minimum absolute atomic E-state index is 0.608. The molecular weight excluding hydrogens is 326 g/mol. The molecule has 1 heterocycles. The van der Waals surface area contributed by atoms with Crippen molar-refractivity contribution in [3.63, 3.8) is 0 Å². The van der Waals surface area contributed by atoms with Gasteiger partial charge in [0.15, 0.2) is 0 Å². The molecule has 0 aliphatic carbocycles. The van der Waals surface area contributed by atoms with E-state index in [9.17, 15) is 0 Å². The number of anilines is 1. The number of ether oxygens (including phenoxy) is 1. The van der Waals surface area contributed by atoms with E-state index >= 15 is 0 Å². The van der Waals surface area contributed by atoms with E-state index in [1.807, 2.05) is 24.3 Å². The molecule has 0 radical (unpaired) electrons. The second kappa shape index (κ2) is 6.99. The fourth-order valence-electron chi connectivity index (χ4n) is 2.71. The molecule has 0 spiro atoms. The molecule has 2 aromatic rings. The Balaban J connectivity index is 1.71. The van der Waals surface area contributed by atoms with E-state index in [4.69, 9.17) is 4.74 Å². The smallest absolute Gasteiger partial charge is 0.123 e. The maximum atomic E-state index is 5.95.